The first-order chi connectivity index (χ1) is 14.2. The third-order valence-electron chi connectivity index (χ3n) is 6.02. The van der Waals surface area contributed by atoms with Gasteiger partial charge in [-0.25, -0.2) is 4.98 Å². The Hall–Kier alpha value is -2.06. The Labute approximate surface area is 173 Å². The molecule has 1 aliphatic heterocycles. The molecule has 2 aromatic heterocycles. The van der Waals surface area contributed by atoms with Gasteiger partial charge in [-0.1, -0.05) is 24.3 Å². The van der Waals surface area contributed by atoms with Crippen LogP contribution in [0.15, 0.2) is 29.1 Å². The highest BCUT2D eigenvalue weighted by Crippen LogP contribution is 2.36. The van der Waals surface area contributed by atoms with Crippen molar-refractivity contribution in [1.29, 1.82) is 0 Å². The second-order valence-corrected chi connectivity index (χ2v) is 9.06. The molecule has 0 bridgehead atoms. The molecule has 3 heterocycles. The predicted molar refractivity (Wildman–Crippen MR) is 114 cm³/mol. The smallest absolute Gasteiger partial charge is 0.260 e. The molecule has 2 N–H and O–H groups in total. The molecule has 2 aliphatic rings. The van der Waals surface area contributed by atoms with E-state index in [1.54, 1.807) is 11.3 Å². The van der Waals surface area contributed by atoms with Crippen molar-refractivity contribution < 1.29 is 9.84 Å². The third-order valence-corrected chi connectivity index (χ3v) is 7.16. The van der Waals surface area contributed by atoms with Crippen LogP contribution >= 0.6 is 11.3 Å². The summed E-state index contributed by atoms with van der Waals surface area (Å²) in [6.45, 7) is 4.65. The molecule has 1 fully saturated rings. The summed E-state index contributed by atoms with van der Waals surface area (Å²) in [5.74, 6) is 0.922. The molecule has 1 aliphatic carbocycles. The van der Waals surface area contributed by atoms with Gasteiger partial charge in [-0.15, -0.1) is 11.3 Å². The minimum atomic E-state index is -0.0534. The van der Waals surface area contributed by atoms with Crippen LogP contribution in [-0.2, 0) is 24.1 Å². The van der Waals surface area contributed by atoms with Crippen molar-refractivity contribution >= 4 is 21.6 Å². The third kappa shape index (κ3) is 3.75. The summed E-state index contributed by atoms with van der Waals surface area (Å²) in [5, 5.41) is 10.2. The van der Waals surface area contributed by atoms with E-state index < -0.39 is 0 Å². The zero-order valence-corrected chi connectivity index (χ0v) is 17.1. The largest absolute Gasteiger partial charge is 0.396 e. The number of thiophene rings is 1. The summed E-state index contributed by atoms with van der Waals surface area (Å²) >= 11 is 1.61. The average Bonchev–Trinajstić information content (AvgIpc) is 3.13. The van der Waals surface area contributed by atoms with Crippen molar-refractivity contribution in [2.75, 3.05) is 32.9 Å². The van der Waals surface area contributed by atoms with Gasteiger partial charge in [0, 0.05) is 36.7 Å². The second-order valence-electron chi connectivity index (χ2n) is 7.98. The molecule has 1 unspecified atom stereocenters. The van der Waals surface area contributed by atoms with E-state index in [1.165, 1.54) is 10.4 Å². The molecule has 1 aromatic carbocycles. The fourth-order valence-corrected chi connectivity index (χ4v) is 5.66. The Balaban J connectivity index is 1.42. The van der Waals surface area contributed by atoms with Gasteiger partial charge in [-0.3, -0.25) is 9.69 Å². The van der Waals surface area contributed by atoms with Gasteiger partial charge in [-0.2, -0.15) is 0 Å². The monoisotopic (exact) mass is 411 g/mol. The minimum Gasteiger partial charge on any atom is -0.396 e. The van der Waals surface area contributed by atoms with Gasteiger partial charge in [0.1, 0.15) is 10.7 Å². The van der Waals surface area contributed by atoms with Gasteiger partial charge in [0.05, 0.1) is 18.6 Å². The number of nitrogens with one attached hydrogen (secondary N) is 1. The number of ether oxygens (including phenoxy) is 1. The molecule has 0 amide bonds. The van der Waals surface area contributed by atoms with Crippen LogP contribution in [0, 0.1) is 5.92 Å². The molecule has 6 nitrogen and oxygen atoms in total. The normalized spacial score (nSPS) is 20.1. The number of aromatic amines is 1. The zero-order chi connectivity index (χ0) is 19.8. The summed E-state index contributed by atoms with van der Waals surface area (Å²) in [6, 6.07) is 8.30. The Bertz CT molecular complexity index is 1070. The maximum absolute atomic E-state index is 12.8. The van der Waals surface area contributed by atoms with Crippen LogP contribution in [0.5, 0.6) is 0 Å². The molecule has 0 saturated carbocycles. The SMILES string of the molecule is O=c1[nH]c(-c2ccc(CN3CCOCC3)cc2)nc2sc3c(c12)CCC(CO)C3. The lowest BCUT2D eigenvalue weighted by molar-refractivity contribution is 0.0342. The molecule has 5 rings (SSSR count). The number of aliphatic hydroxyl groups is 1. The van der Waals surface area contributed by atoms with Gasteiger partial charge in [-0.05, 0) is 36.3 Å². The number of aryl methyl sites for hydroxylation is 1. The molecule has 0 radical (unpaired) electrons. The summed E-state index contributed by atoms with van der Waals surface area (Å²) in [4.78, 5) is 25.0. The van der Waals surface area contributed by atoms with Crippen molar-refractivity contribution in [1.82, 2.24) is 14.9 Å². The number of benzene rings is 1. The highest BCUT2D eigenvalue weighted by Gasteiger charge is 2.24. The standard InChI is InChI=1S/C22H25N3O3S/c26-13-15-3-6-17-18(11-15)29-22-19(17)21(27)23-20(24-22)16-4-1-14(2-5-16)12-25-7-9-28-10-8-25/h1-2,4-5,15,26H,3,6-13H2,(H,23,24,27). The fraction of sp³-hybridized carbons (Fsp3) is 0.455. The van der Waals surface area contributed by atoms with Crippen molar-refractivity contribution in [3.63, 3.8) is 0 Å². The molecule has 0 spiro atoms. The van der Waals surface area contributed by atoms with E-state index in [9.17, 15) is 9.90 Å². The van der Waals surface area contributed by atoms with Crippen LogP contribution in [0.25, 0.3) is 21.6 Å². The van der Waals surface area contributed by atoms with Crippen LogP contribution in [0.4, 0.5) is 0 Å². The Morgan fingerprint density at radius 2 is 2.03 bits per heavy atom. The van der Waals surface area contributed by atoms with Crippen LogP contribution in [0.2, 0.25) is 0 Å². The van der Waals surface area contributed by atoms with Gasteiger partial charge in [0.25, 0.3) is 5.56 Å². The van der Waals surface area contributed by atoms with Crippen molar-refractivity contribution in [3.8, 4) is 11.4 Å². The first-order valence-electron chi connectivity index (χ1n) is 10.3. The predicted octanol–water partition coefficient (Wildman–Crippen LogP) is 2.58. The number of rotatable bonds is 4. The van der Waals surface area contributed by atoms with E-state index in [2.05, 4.69) is 22.0 Å². The summed E-state index contributed by atoms with van der Waals surface area (Å²) in [6.07, 6.45) is 2.62. The number of H-pyrrole nitrogens is 1. The van der Waals surface area contributed by atoms with Crippen molar-refractivity contribution in [2.24, 2.45) is 5.92 Å². The lowest BCUT2D eigenvalue weighted by Gasteiger charge is -2.26. The first-order valence-corrected chi connectivity index (χ1v) is 11.1. The highest BCUT2D eigenvalue weighted by atomic mass is 32.1. The van der Waals surface area contributed by atoms with Gasteiger partial charge >= 0.3 is 0 Å². The van der Waals surface area contributed by atoms with E-state index in [4.69, 9.17) is 9.72 Å². The van der Waals surface area contributed by atoms with Crippen molar-refractivity contribution in [2.45, 2.75) is 25.8 Å². The van der Waals surface area contributed by atoms with Gasteiger partial charge in [0.15, 0.2) is 0 Å². The second kappa shape index (κ2) is 7.99. The molecular weight excluding hydrogens is 386 g/mol. The highest BCUT2D eigenvalue weighted by molar-refractivity contribution is 7.18. The van der Waals surface area contributed by atoms with E-state index in [-0.39, 0.29) is 12.2 Å². The zero-order valence-electron chi connectivity index (χ0n) is 16.3. The molecule has 29 heavy (non-hydrogen) atoms. The number of aliphatic hydroxyl groups excluding tert-OH is 1. The molecule has 1 atom stereocenters. The van der Waals surface area contributed by atoms with Gasteiger partial charge < -0.3 is 14.8 Å². The van der Waals surface area contributed by atoms with E-state index in [0.29, 0.717) is 11.7 Å². The number of fused-ring (bicyclic) bond motifs is 3. The van der Waals surface area contributed by atoms with Gasteiger partial charge in [0.2, 0.25) is 0 Å². The van der Waals surface area contributed by atoms with E-state index in [0.717, 1.165) is 73.5 Å². The molecule has 7 heteroatoms. The minimum absolute atomic E-state index is 0.0534. The summed E-state index contributed by atoms with van der Waals surface area (Å²) < 4.78 is 5.41. The quantitative estimate of drug-likeness (QED) is 0.690. The van der Waals surface area contributed by atoms with Crippen LogP contribution in [-0.4, -0.2) is 52.9 Å². The lowest BCUT2D eigenvalue weighted by atomic mass is 9.88. The fourth-order valence-electron chi connectivity index (χ4n) is 4.33. The van der Waals surface area contributed by atoms with E-state index in [1.807, 2.05) is 12.1 Å². The Morgan fingerprint density at radius 1 is 1.24 bits per heavy atom. The maximum atomic E-state index is 12.8. The Kier molecular flexibility index (Phi) is 5.22. The topological polar surface area (TPSA) is 78.5 Å². The number of nitrogens with zero attached hydrogens (tertiary/aromatic N) is 2. The number of hydrogen-bond donors (Lipinski definition) is 2. The molecule has 152 valence electrons. The van der Waals surface area contributed by atoms with Crippen LogP contribution in [0.1, 0.15) is 22.4 Å². The summed E-state index contributed by atoms with van der Waals surface area (Å²) in [5.41, 5.74) is 3.26. The molecule has 1 saturated heterocycles. The van der Waals surface area contributed by atoms with Crippen molar-refractivity contribution in [3.05, 3.63) is 50.6 Å². The number of aromatic nitrogens is 2. The first kappa shape index (κ1) is 18.9. The number of morpholine rings is 1. The van der Waals surface area contributed by atoms with E-state index >= 15 is 0 Å². The Morgan fingerprint density at radius 3 is 2.79 bits per heavy atom. The molecule has 3 aromatic rings. The lowest BCUT2D eigenvalue weighted by Crippen LogP contribution is -2.35. The van der Waals surface area contributed by atoms with Crippen LogP contribution in [0.3, 0.4) is 0 Å². The molecular formula is C22H25N3O3S. The number of hydrogen-bond acceptors (Lipinski definition) is 6. The maximum Gasteiger partial charge on any atom is 0.260 e. The average molecular weight is 412 g/mol. The summed E-state index contributed by atoms with van der Waals surface area (Å²) in [7, 11) is 0. The van der Waals surface area contributed by atoms with Crippen LogP contribution < -0.4 is 5.56 Å².